The Morgan fingerprint density at radius 1 is 0.714 bits per heavy atom. The summed E-state index contributed by atoms with van der Waals surface area (Å²) < 4.78 is 28.7. The van der Waals surface area contributed by atoms with E-state index < -0.39 is 10.2 Å². The molecule has 2 N–H and O–H groups in total. The Morgan fingerprint density at radius 3 is 1.33 bits per heavy atom. The summed E-state index contributed by atoms with van der Waals surface area (Å²) in [4.78, 5) is 4.57. The molecule has 0 aromatic rings. The summed E-state index contributed by atoms with van der Waals surface area (Å²) in [5.74, 6) is 0. The van der Waals surface area contributed by atoms with Crippen molar-refractivity contribution in [2.45, 2.75) is 40.5 Å². The Bertz CT molecular complexity index is 302. The molecule has 0 heterocycles. The first-order valence-electron chi connectivity index (χ1n) is 8.17. The quantitative estimate of drug-likeness (QED) is 0.466. The SMILES string of the molecule is CCN(CC)CCCNS(=O)(=O)NCCCN(CC)CC. The van der Waals surface area contributed by atoms with Crippen LogP contribution in [-0.4, -0.2) is 70.6 Å². The predicted octanol–water partition coefficient (Wildman–Crippen LogP) is 0.874. The molecule has 0 bridgehead atoms. The van der Waals surface area contributed by atoms with Gasteiger partial charge >= 0.3 is 0 Å². The molecule has 0 spiro atoms. The maximum absolute atomic E-state index is 11.7. The molecule has 21 heavy (non-hydrogen) atoms. The molecule has 0 amide bonds. The number of hydrogen-bond acceptors (Lipinski definition) is 4. The van der Waals surface area contributed by atoms with Gasteiger partial charge in [0.1, 0.15) is 0 Å². The molecule has 0 atom stereocenters. The molecule has 0 aliphatic rings. The molecule has 0 rings (SSSR count). The zero-order valence-corrected chi connectivity index (χ0v) is 15.0. The lowest BCUT2D eigenvalue weighted by Crippen LogP contribution is -2.39. The molecule has 7 heteroatoms. The van der Waals surface area contributed by atoms with Crippen LogP contribution in [0.4, 0.5) is 0 Å². The lowest BCUT2D eigenvalue weighted by Gasteiger charge is -2.18. The van der Waals surface area contributed by atoms with Crippen molar-refractivity contribution in [1.82, 2.24) is 19.2 Å². The molecule has 0 saturated heterocycles. The van der Waals surface area contributed by atoms with Crippen LogP contribution in [0, 0.1) is 0 Å². The fraction of sp³-hybridized carbons (Fsp3) is 1.00. The first-order chi connectivity index (χ1) is 9.99. The maximum atomic E-state index is 11.7. The zero-order chi connectivity index (χ0) is 16.1. The van der Waals surface area contributed by atoms with Crippen molar-refractivity contribution in [3.05, 3.63) is 0 Å². The van der Waals surface area contributed by atoms with Gasteiger partial charge in [-0.1, -0.05) is 27.7 Å². The van der Waals surface area contributed by atoms with Gasteiger partial charge in [-0.15, -0.1) is 0 Å². The topological polar surface area (TPSA) is 64.7 Å². The Kier molecular flexibility index (Phi) is 12.2. The first-order valence-corrected chi connectivity index (χ1v) is 9.66. The average molecular weight is 323 g/mol. The fourth-order valence-electron chi connectivity index (χ4n) is 2.15. The normalized spacial score (nSPS) is 12.5. The smallest absolute Gasteiger partial charge is 0.276 e. The van der Waals surface area contributed by atoms with E-state index in [9.17, 15) is 8.42 Å². The van der Waals surface area contributed by atoms with Crippen molar-refractivity contribution in [3.63, 3.8) is 0 Å². The monoisotopic (exact) mass is 322 g/mol. The predicted molar refractivity (Wildman–Crippen MR) is 89.7 cm³/mol. The number of nitrogens with zero attached hydrogens (tertiary/aromatic N) is 2. The van der Waals surface area contributed by atoms with Crippen molar-refractivity contribution in [3.8, 4) is 0 Å². The van der Waals surface area contributed by atoms with Gasteiger partial charge < -0.3 is 9.80 Å². The lowest BCUT2D eigenvalue weighted by atomic mass is 10.4. The summed E-state index contributed by atoms with van der Waals surface area (Å²) in [6.45, 7) is 15.3. The van der Waals surface area contributed by atoms with E-state index in [1.807, 2.05) is 0 Å². The Labute approximate surface area is 131 Å². The highest BCUT2D eigenvalue weighted by Gasteiger charge is 2.08. The molecule has 0 saturated carbocycles. The van der Waals surface area contributed by atoms with Gasteiger partial charge in [-0.05, 0) is 52.1 Å². The van der Waals surface area contributed by atoms with E-state index in [0.717, 1.165) is 52.1 Å². The van der Waals surface area contributed by atoms with E-state index in [2.05, 4.69) is 46.9 Å². The van der Waals surface area contributed by atoms with Crippen LogP contribution >= 0.6 is 0 Å². The summed E-state index contributed by atoms with van der Waals surface area (Å²) in [7, 11) is -3.34. The molecular formula is C14H34N4O2S. The van der Waals surface area contributed by atoms with Crippen molar-refractivity contribution < 1.29 is 8.42 Å². The van der Waals surface area contributed by atoms with Gasteiger partial charge in [0.15, 0.2) is 0 Å². The second-order valence-corrected chi connectivity index (χ2v) is 6.64. The summed E-state index contributed by atoms with van der Waals surface area (Å²) in [5, 5.41) is 0. The van der Waals surface area contributed by atoms with Crippen LogP contribution in [0.1, 0.15) is 40.5 Å². The van der Waals surface area contributed by atoms with Crippen molar-refractivity contribution in [2.24, 2.45) is 0 Å². The standard InChI is InChI=1S/C14H34N4O2S/c1-5-17(6-2)13-9-11-15-21(19,20)16-12-10-14-18(7-3)8-4/h15-16H,5-14H2,1-4H3. The minimum atomic E-state index is -3.34. The van der Waals surface area contributed by atoms with E-state index in [1.54, 1.807) is 0 Å². The molecule has 6 nitrogen and oxygen atoms in total. The molecule has 0 aromatic heterocycles. The van der Waals surface area contributed by atoms with E-state index in [0.29, 0.717) is 13.1 Å². The van der Waals surface area contributed by atoms with Gasteiger partial charge in [0, 0.05) is 13.1 Å². The molecule has 128 valence electrons. The lowest BCUT2D eigenvalue weighted by molar-refractivity contribution is 0.299. The first kappa shape index (κ1) is 20.8. The minimum absolute atomic E-state index is 0.488. The summed E-state index contributed by atoms with van der Waals surface area (Å²) >= 11 is 0. The molecule has 0 aliphatic carbocycles. The zero-order valence-electron chi connectivity index (χ0n) is 14.2. The Morgan fingerprint density at radius 2 is 1.05 bits per heavy atom. The second kappa shape index (κ2) is 12.3. The molecule has 0 fully saturated rings. The van der Waals surface area contributed by atoms with Gasteiger partial charge in [0.05, 0.1) is 0 Å². The number of nitrogens with one attached hydrogen (secondary N) is 2. The summed E-state index contributed by atoms with van der Waals surface area (Å²) in [5.41, 5.74) is 0. The molecular weight excluding hydrogens is 288 g/mol. The van der Waals surface area contributed by atoms with Gasteiger partial charge in [0.25, 0.3) is 10.2 Å². The number of hydrogen-bond donors (Lipinski definition) is 2. The molecule has 0 aromatic carbocycles. The van der Waals surface area contributed by atoms with Gasteiger partial charge in [-0.3, -0.25) is 0 Å². The minimum Gasteiger partial charge on any atom is -0.304 e. The van der Waals surface area contributed by atoms with Crippen molar-refractivity contribution >= 4 is 10.2 Å². The van der Waals surface area contributed by atoms with E-state index in [4.69, 9.17) is 0 Å². The van der Waals surface area contributed by atoms with Crippen LogP contribution in [0.2, 0.25) is 0 Å². The van der Waals surface area contributed by atoms with Crippen molar-refractivity contribution in [1.29, 1.82) is 0 Å². The third-order valence-electron chi connectivity index (χ3n) is 3.68. The Balaban J connectivity index is 3.74. The second-order valence-electron chi connectivity index (χ2n) is 5.05. The van der Waals surface area contributed by atoms with E-state index in [1.165, 1.54) is 0 Å². The van der Waals surface area contributed by atoms with Crippen LogP contribution in [0.15, 0.2) is 0 Å². The van der Waals surface area contributed by atoms with Crippen LogP contribution < -0.4 is 9.44 Å². The largest absolute Gasteiger partial charge is 0.304 e. The highest BCUT2D eigenvalue weighted by atomic mass is 32.2. The van der Waals surface area contributed by atoms with Crippen molar-refractivity contribution in [2.75, 3.05) is 52.4 Å². The highest BCUT2D eigenvalue weighted by molar-refractivity contribution is 7.87. The van der Waals surface area contributed by atoms with E-state index >= 15 is 0 Å². The molecule has 0 unspecified atom stereocenters. The fourth-order valence-corrected chi connectivity index (χ4v) is 3.08. The van der Waals surface area contributed by atoms with Crippen LogP contribution in [0.25, 0.3) is 0 Å². The molecule has 0 aliphatic heterocycles. The van der Waals surface area contributed by atoms with Gasteiger partial charge in [-0.2, -0.15) is 8.42 Å². The average Bonchev–Trinajstić information content (AvgIpc) is 2.47. The maximum Gasteiger partial charge on any atom is 0.276 e. The third kappa shape index (κ3) is 11.1. The number of rotatable bonds is 14. The Hall–Kier alpha value is -0.210. The van der Waals surface area contributed by atoms with Crippen LogP contribution in [0.3, 0.4) is 0 Å². The summed E-state index contributed by atoms with van der Waals surface area (Å²) in [6, 6.07) is 0. The van der Waals surface area contributed by atoms with Gasteiger partial charge in [0.2, 0.25) is 0 Å². The van der Waals surface area contributed by atoms with E-state index in [-0.39, 0.29) is 0 Å². The van der Waals surface area contributed by atoms with Gasteiger partial charge in [-0.25, -0.2) is 9.44 Å². The molecule has 0 radical (unpaired) electrons. The van der Waals surface area contributed by atoms with Crippen LogP contribution in [0.5, 0.6) is 0 Å². The third-order valence-corrected chi connectivity index (χ3v) is 4.84. The highest BCUT2D eigenvalue weighted by Crippen LogP contribution is 1.92. The van der Waals surface area contributed by atoms with Crippen LogP contribution in [-0.2, 0) is 10.2 Å². The summed E-state index contributed by atoms with van der Waals surface area (Å²) in [6.07, 6.45) is 1.67.